The molecule has 1 aliphatic heterocycles. The Balaban J connectivity index is 1.64. The van der Waals surface area contributed by atoms with Crippen LogP contribution in [0.3, 0.4) is 0 Å². The summed E-state index contributed by atoms with van der Waals surface area (Å²) in [5, 5.41) is 4.60. The molecule has 2 aromatic rings. The summed E-state index contributed by atoms with van der Waals surface area (Å²) < 4.78 is 16.0. The fourth-order valence-corrected chi connectivity index (χ4v) is 3.95. The molecule has 0 bridgehead atoms. The van der Waals surface area contributed by atoms with Crippen LogP contribution in [-0.4, -0.2) is 57.6 Å². The fourth-order valence-electron chi connectivity index (χ4n) is 3.95. The molecule has 0 aliphatic carbocycles. The largest absolute Gasteiger partial charge is 0.341 e. The molecule has 0 atom stereocenters. The third-order valence-corrected chi connectivity index (χ3v) is 5.64. The Morgan fingerprint density at radius 2 is 1.73 bits per heavy atom. The lowest BCUT2D eigenvalue weighted by Crippen LogP contribution is -2.38. The zero-order chi connectivity index (χ0) is 21.8. The van der Waals surface area contributed by atoms with Crippen LogP contribution in [0.1, 0.15) is 47.6 Å². The summed E-state index contributed by atoms with van der Waals surface area (Å²) in [6, 6.07) is 6.03. The summed E-state index contributed by atoms with van der Waals surface area (Å²) in [4.78, 5) is 29.1. The molecular formula is C23H31FN4O2. The molecule has 1 aromatic carbocycles. The summed E-state index contributed by atoms with van der Waals surface area (Å²) in [6.45, 7) is 11.1. The first-order valence-corrected chi connectivity index (χ1v) is 10.6. The summed E-state index contributed by atoms with van der Waals surface area (Å²) >= 11 is 0. The minimum absolute atomic E-state index is 0.0467. The van der Waals surface area contributed by atoms with Crippen molar-refractivity contribution in [3.63, 3.8) is 0 Å². The van der Waals surface area contributed by atoms with E-state index in [1.807, 2.05) is 23.4 Å². The molecule has 2 amide bonds. The summed E-state index contributed by atoms with van der Waals surface area (Å²) in [7, 11) is 0. The van der Waals surface area contributed by atoms with Gasteiger partial charge in [-0.2, -0.15) is 5.10 Å². The van der Waals surface area contributed by atoms with Gasteiger partial charge in [0.25, 0.3) is 5.91 Å². The number of nitrogens with zero attached hydrogens (tertiary/aromatic N) is 4. The smallest absolute Gasteiger partial charge is 0.256 e. The molecule has 0 saturated carbocycles. The van der Waals surface area contributed by atoms with Crippen molar-refractivity contribution >= 4 is 11.8 Å². The summed E-state index contributed by atoms with van der Waals surface area (Å²) in [5.74, 6) is -0.297. The van der Waals surface area contributed by atoms with Gasteiger partial charge in [-0.05, 0) is 38.3 Å². The first-order chi connectivity index (χ1) is 14.3. The van der Waals surface area contributed by atoms with Gasteiger partial charge in [-0.15, -0.1) is 0 Å². The number of hydrogen-bond donors (Lipinski definition) is 0. The Bertz CT molecular complexity index is 922. The Morgan fingerprint density at radius 1 is 1.07 bits per heavy atom. The van der Waals surface area contributed by atoms with Crippen LogP contribution in [0.15, 0.2) is 24.3 Å². The van der Waals surface area contributed by atoms with Gasteiger partial charge in [-0.1, -0.05) is 26.0 Å². The highest BCUT2D eigenvalue weighted by Gasteiger charge is 2.25. The summed E-state index contributed by atoms with van der Waals surface area (Å²) in [5.41, 5.74) is 3.01. The lowest BCUT2D eigenvalue weighted by atomic mass is 10.1. The SMILES string of the molecule is Cc1nn(CC(C)C)c(C)c1CC(=O)N1CCCN(C(=O)c2ccccc2F)CC1. The average Bonchev–Trinajstić information content (AvgIpc) is 2.89. The minimum Gasteiger partial charge on any atom is -0.341 e. The van der Waals surface area contributed by atoms with Crippen molar-refractivity contribution < 1.29 is 14.0 Å². The van der Waals surface area contributed by atoms with E-state index in [0.29, 0.717) is 44.9 Å². The van der Waals surface area contributed by atoms with Crippen LogP contribution in [0.25, 0.3) is 0 Å². The standard InChI is InChI=1S/C23H31FN4O2/c1-16(2)15-28-18(4)20(17(3)25-28)14-22(29)26-10-7-11-27(13-12-26)23(30)19-8-5-6-9-21(19)24/h5-6,8-9,16H,7,10-15H2,1-4H3. The molecule has 7 heteroatoms. The third-order valence-electron chi connectivity index (χ3n) is 5.64. The predicted octanol–water partition coefficient (Wildman–Crippen LogP) is 3.21. The van der Waals surface area contributed by atoms with Crippen molar-refractivity contribution in [2.75, 3.05) is 26.2 Å². The maximum atomic E-state index is 14.0. The van der Waals surface area contributed by atoms with Gasteiger partial charge in [-0.25, -0.2) is 4.39 Å². The van der Waals surface area contributed by atoms with E-state index in [-0.39, 0.29) is 17.4 Å². The Kier molecular flexibility index (Phi) is 6.90. The molecule has 2 heterocycles. The predicted molar refractivity (Wildman–Crippen MR) is 114 cm³/mol. The van der Waals surface area contributed by atoms with Gasteiger partial charge in [0.2, 0.25) is 5.91 Å². The molecule has 162 valence electrons. The lowest BCUT2D eigenvalue weighted by molar-refractivity contribution is -0.130. The molecule has 3 rings (SSSR count). The number of halogens is 1. The van der Waals surface area contributed by atoms with Gasteiger partial charge < -0.3 is 9.80 Å². The van der Waals surface area contributed by atoms with E-state index < -0.39 is 5.82 Å². The molecule has 1 aliphatic rings. The van der Waals surface area contributed by atoms with Gasteiger partial charge in [-0.3, -0.25) is 14.3 Å². The summed E-state index contributed by atoms with van der Waals surface area (Å²) in [6.07, 6.45) is 0.994. The van der Waals surface area contributed by atoms with Crippen molar-refractivity contribution in [1.29, 1.82) is 0 Å². The zero-order valence-electron chi connectivity index (χ0n) is 18.3. The van der Waals surface area contributed by atoms with Crippen LogP contribution in [0, 0.1) is 25.6 Å². The molecule has 1 saturated heterocycles. The van der Waals surface area contributed by atoms with E-state index in [9.17, 15) is 14.0 Å². The number of aromatic nitrogens is 2. The molecule has 1 aromatic heterocycles. The lowest BCUT2D eigenvalue weighted by Gasteiger charge is -2.22. The van der Waals surface area contributed by atoms with E-state index in [1.54, 1.807) is 17.0 Å². The molecule has 1 fully saturated rings. The van der Waals surface area contributed by atoms with Gasteiger partial charge in [0.05, 0.1) is 17.7 Å². The van der Waals surface area contributed by atoms with Crippen molar-refractivity contribution in [2.24, 2.45) is 5.92 Å². The van der Waals surface area contributed by atoms with Crippen LogP contribution in [0.2, 0.25) is 0 Å². The second-order valence-electron chi connectivity index (χ2n) is 8.41. The van der Waals surface area contributed by atoms with E-state index in [2.05, 4.69) is 18.9 Å². The molecule has 6 nitrogen and oxygen atoms in total. The highest BCUT2D eigenvalue weighted by atomic mass is 19.1. The topological polar surface area (TPSA) is 58.4 Å². The van der Waals surface area contributed by atoms with Crippen LogP contribution in [0.4, 0.5) is 4.39 Å². The zero-order valence-corrected chi connectivity index (χ0v) is 18.3. The Hall–Kier alpha value is -2.70. The number of hydrogen-bond acceptors (Lipinski definition) is 3. The molecular weight excluding hydrogens is 383 g/mol. The van der Waals surface area contributed by atoms with Gasteiger partial charge in [0.15, 0.2) is 0 Å². The molecule has 0 spiro atoms. The highest BCUT2D eigenvalue weighted by molar-refractivity contribution is 5.94. The Labute approximate surface area is 177 Å². The number of amides is 2. The number of carbonyl (C=O) groups is 2. The molecule has 0 N–H and O–H groups in total. The minimum atomic E-state index is -0.510. The van der Waals surface area contributed by atoms with E-state index in [4.69, 9.17) is 0 Å². The normalized spacial score (nSPS) is 14.9. The van der Waals surface area contributed by atoms with Crippen molar-refractivity contribution in [3.05, 3.63) is 52.6 Å². The van der Waals surface area contributed by atoms with Crippen molar-refractivity contribution in [3.8, 4) is 0 Å². The number of benzene rings is 1. The van der Waals surface area contributed by atoms with E-state index in [0.717, 1.165) is 23.5 Å². The van der Waals surface area contributed by atoms with Crippen LogP contribution in [0.5, 0.6) is 0 Å². The van der Waals surface area contributed by atoms with Crippen LogP contribution < -0.4 is 0 Å². The van der Waals surface area contributed by atoms with E-state index >= 15 is 0 Å². The fraction of sp³-hybridized carbons (Fsp3) is 0.522. The first kappa shape index (κ1) is 22.0. The molecule has 0 unspecified atom stereocenters. The van der Waals surface area contributed by atoms with Gasteiger partial charge in [0.1, 0.15) is 5.82 Å². The maximum Gasteiger partial charge on any atom is 0.256 e. The Morgan fingerprint density at radius 3 is 2.43 bits per heavy atom. The second-order valence-corrected chi connectivity index (χ2v) is 8.41. The van der Waals surface area contributed by atoms with Crippen LogP contribution >= 0.6 is 0 Å². The number of aryl methyl sites for hydroxylation is 1. The number of carbonyl (C=O) groups excluding carboxylic acids is 2. The molecule has 30 heavy (non-hydrogen) atoms. The quantitative estimate of drug-likeness (QED) is 0.755. The molecule has 0 radical (unpaired) electrons. The average molecular weight is 415 g/mol. The maximum absolute atomic E-state index is 14.0. The monoisotopic (exact) mass is 414 g/mol. The van der Waals surface area contributed by atoms with Gasteiger partial charge in [0, 0.05) is 44.0 Å². The van der Waals surface area contributed by atoms with Crippen LogP contribution in [-0.2, 0) is 17.8 Å². The van der Waals surface area contributed by atoms with Crippen molar-refractivity contribution in [1.82, 2.24) is 19.6 Å². The van der Waals surface area contributed by atoms with E-state index in [1.165, 1.54) is 12.1 Å². The number of rotatable bonds is 5. The second kappa shape index (κ2) is 9.41. The third kappa shape index (κ3) is 4.89. The van der Waals surface area contributed by atoms with Crippen molar-refractivity contribution in [2.45, 2.75) is 47.1 Å². The first-order valence-electron chi connectivity index (χ1n) is 10.6. The highest BCUT2D eigenvalue weighted by Crippen LogP contribution is 2.18. The van der Waals surface area contributed by atoms with Gasteiger partial charge >= 0.3 is 0 Å².